The van der Waals surface area contributed by atoms with E-state index in [9.17, 15) is 4.79 Å². The number of unbranched alkanes of at least 4 members (excludes halogenated alkanes) is 2. The number of rotatable bonds is 4. The lowest BCUT2D eigenvalue weighted by Gasteiger charge is -2.20. The molecule has 1 heterocycles. The van der Waals surface area contributed by atoms with Crippen LogP contribution in [0.3, 0.4) is 0 Å². The molecule has 1 aliphatic rings. The van der Waals surface area contributed by atoms with Crippen LogP contribution in [0.2, 0.25) is 0 Å². The largest absolute Gasteiger partial charge is 0.370 e. The third-order valence-electron chi connectivity index (χ3n) is 1.92. The maximum absolute atomic E-state index is 10.9. The molecule has 74 valence electrons. The van der Waals surface area contributed by atoms with Crippen molar-refractivity contribution in [3.05, 3.63) is 0 Å². The summed E-state index contributed by atoms with van der Waals surface area (Å²) >= 11 is 0. The van der Waals surface area contributed by atoms with Crippen molar-refractivity contribution in [3.63, 3.8) is 0 Å². The second kappa shape index (κ2) is 4.69. The minimum absolute atomic E-state index is 0.139. The van der Waals surface area contributed by atoms with Crippen molar-refractivity contribution >= 4 is 12.0 Å². The lowest BCUT2D eigenvalue weighted by atomic mass is 10.2. The number of nitrogens with zero attached hydrogens (tertiary/aromatic N) is 1. The third kappa shape index (κ3) is 3.31. The summed E-state index contributed by atoms with van der Waals surface area (Å²) in [6.07, 6.45) is 4.12. The predicted octanol–water partition coefficient (Wildman–Crippen LogP) is 0.520. The fourth-order valence-corrected chi connectivity index (χ4v) is 1.26. The summed E-state index contributed by atoms with van der Waals surface area (Å²) in [5.74, 6) is 0.213. The quantitative estimate of drug-likeness (QED) is 0.557. The van der Waals surface area contributed by atoms with E-state index in [1.165, 1.54) is 0 Å². The number of hydrogen-bond donors (Lipinski definition) is 3. The maximum Gasteiger partial charge on any atom is 0.323 e. The molecule has 1 atom stereocenters. The van der Waals surface area contributed by atoms with Gasteiger partial charge in [0.25, 0.3) is 0 Å². The van der Waals surface area contributed by atoms with Crippen LogP contribution >= 0.6 is 0 Å². The Balaban J connectivity index is 2.33. The molecule has 0 bridgehead atoms. The molecule has 4 N–H and O–H groups in total. The van der Waals surface area contributed by atoms with Gasteiger partial charge in [-0.05, 0) is 12.8 Å². The van der Waals surface area contributed by atoms with E-state index in [-0.39, 0.29) is 18.2 Å². The van der Waals surface area contributed by atoms with Crippen molar-refractivity contribution < 1.29 is 4.79 Å². The van der Waals surface area contributed by atoms with Crippen LogP contribution in [-0.2, 0) is 0 Å². The van der Waals surface area contributed by atoms with Crippen LogP contribution < -0.4 is 16.4 Å². The first-order valence-electron chi connectivity index (χ1n) is 4.63. The highest BCUT2D eigenvalue weighted by Crippen LogP contribution is 2.05. The van der Waals surface area contributed by atoms with Crippen molar-refractivity contribution in [2.45, 2.75) is 38.8 Å². The van der Waals surface area contributed by atoms with E-state index in [2.05, 4.69) is 22.5 Å². The van der Waals surface area contributed by atoms with Gasteiger partial charge >= 0.3 is 6.03 Å². The van der Waals surface area contributed by atoms with Gasteiger partial charge in [-0.25, -0.2) is 9.79 Å². The Morgan fingerprint density at radius 1 is 1.54 bits per heavy atom. The van der Waals surface area contributed by atoms with Crippen molar-refractivity contribution in [2.75, 3.05) is 0 Å². The lowest BCUT2D eigenvalue weighted by Crippen LogP contribution is -2.52. The van der Waals surface area contributed by atoms with Gasteiger partial charge in [0.1, 0.15) is 6.17 Å². The van der Waals surface area contributed by atoms with Crippen LogP contribution in [0.1, 0.15) is 32.6 Å². The van der Waals surface area contributed by atoms with Gasteiger partial charge in [-0.2, -0.15) is 0 Å². The minimum atomic E-state index is -0.256. The standard InChI is InChI=1S/C8H16N4O/c1-2-3-4-5-6-10-7(9)12-8(13)11-6/h6H,2-5H2,1H3,(H4,9,10,11,12,13). The van der Waals surface area contributed by atoms with E-state index in [0.717, 1.165) is 25.7 Å². The number of nitrogens with two attached hydrogens (primary N) is 1. The van der Waals surface area contributed by atoms with Gasteiger partial charge in [-0.3, -0.25) is 5.32 Å². The molecule has 1 rings (SSSR count). The Bertz CT molecular complexity index is 214. The van der Waals surface area contributed by atoms with Crippen molar-refractivity contribution in [2.24, 2.45) is 10.7 Å². The van der Waals surface area contributed by atoms with Gasteiger partial charge in [-0.15, -0.1) is 0 Å². The van der Waals surface area contributed by atoms with Gasteiger partial charge in [0.15, 0.2) is 5.96 Å². The highest BCUT2D eigenvalue weighted by Gasteiger charge is 2.16. The van der Waals surface area contributed by atoms with Crippen LogP contribution in [0, 0.1) is 0 Å². The second-order valence-electron chi connectivity index (χ2n) is 3.12. The zero-order chi connectivity index (χ0) is 9.68. The highest BCUT2D eigenvalue weighted by molar-refractivity contribution is 5.97. The predicted molar refractivity (Wildman–Crippen MR) is 51.2 cm³/mol. The first kappa shape index (κ1) is 9.83. The number of urea groups is 1. The molecule has 0 aromatic heterocycles. The molecule has 1 aliphatic heterocycles. The van der Waals surface area contributed by atoms with Crippen molar-refractivity contribution in [3.8, 4) is 0 Å². The number of carbonyl (C=O) groups excluding carboxylic acids is 1. The zero-order valence-electron chi connectivity index (χ0n) is 7.84. The molecule has 0 fully saturated rings. The average Bonchev–Trinajstić information content (AvgIpc) is 2.03. The normalized spacial score (nSPS) is 21.8. The molecule has 1 unspecified atom stereocenters. The van der Waals surface area contributed by atoms with E-state index >= 15 is 0 Å². The summed E-state index contributed by atoms with van der Waals surface area (Å²) in [7, 11) is 0. The summed E-state index contributed by atoms with van der Waals surface area (Å²) in [6, 6.07) is -0.256. The number of aliphatic imine (C=N–C) groups is 1. The molecule has 0 spiro atoms. The lowest BCUT2D eigenvalue weighted by molar-refractivity contribution is 0.238. The summed E-state index contributed by atoms with van der Waals surface area (Å²) in [5.41, 5.74) is 5.40. The van der Waals surface area contributed by atoms with Crippen LogP contribution in [0.5, 0.6) is 0 Å². The first-order valence-corrected chi connectivity index (χ1v) is 4.63. The van der Waals surface area contributed by atoms with Gasteiger partial charge in [-0.1, -0.05) is 19.8 Å². The number of guanidine groups is 1. The zero-order valence-corrected chi connectivity index (χ0v) is 7.84. The van der Waals surface area contributed by atoms with Crippen molar-refractivity contribution in [1.29, 1.82) is 0 Å². The Hall–Kier alpha value is -1.26. The third-order valence-corrected chi connectivity index (χ3v) is 1.92. The fraction of sp³-hybridized carbons (Fsp3) is 0.750. The molecule has 0 aromatic carbocycles. The molecular formula is C8H16N4O. The summed E-state index contributed by atoms with van der Waals surface area (Å²) < 4.78 is 0. The second-order valence-corrected chi connectivity index (χ2v) is 3.12. The smallest absolute Gasteiger partial charge is 0.323 e. The van der Waals surface area contributed by atoms with Crippen LogP contribution in [0.4, 0.5) is 4.79 Å². The van der Waals surface area contributed by atoms with E-state index in [4.69, 9.17) is 5.73 Å². The molecule has 0 aromatic rings. The van der Waals surface area contributed by atoms with E-state index < -0.39 is 0 Å². The van der Waals surface area contributed by atoms with Gasteiger partial charge < -0.3 is 11.1 Å². The molecule has 0 radical (unpaired) electrons. The van der Waals surface area contributed by atoms with Crippen LogP contribution in [0.25, 0.3) is 0 Å². The SMILES string of the molecule is CCCCCC1N=C(N)NC(=O)N1. The molecule has 13 heavy (non-hydrogen) atoms. The Morgan fingerprint density at radius 2 is 2.31 bits per heavy atom. The molecule has 0 aliphatic carbocycles. The summed E-state index contributed by atoms with van der Waals surface area (Å²) in [5, 5.41) is 5.07. The number of carbonyl (C=O) groups is 1. The highest BCUT2D eigenvalue weighted by atomic mass is 16.2. The first-order chi connectivity index (χ1) is 6.22. The monoisotopic (exact) mass is 184 g/mol. The van der Waals surface area contributed by atoms with Gasteiger partial charge in [0.2, 0.25) is 0 Å². The minimum Gasteiger partial charge on any atom is -0.370 e. The molecule has 5 nitrogen and oxygen atoms in total. The maximum atomic E-state index is 10.9. The topological polar surface area (TPSA) is 79.5 Å². The Morgan fingerprint density at radius 3 is 2.92 bits per heavy atom. The molecule has 0 saturated carbocycles. The van der Waals surface area contributed by atoms with Crippen molar-refractivity contribution in [1.82, 2.24) is 10.6 Å². The molecule has 2 amide bonds. The van der Waals surface area contributed by atoms with E-state index in [1.54, 1.807) is 0 Å². The van der Waals surface area contributed by atoms with E-state index in [1.807, 2.05) is 0 Å². The molecular weight excluding hydrogens is 168 g/mol. The average molecular weight is 184 g/mol. The Kier molecular flexibility index (Phi) is 3.54. The number of hydrogen-bond acceptors (Lipinski definition) is 3. The Labute approximate surface area is 77.8 Å². The summed E-state index contributed by atoms with van der Waals surface area (Å²) in [6.45, 7) is 2.14. The van der Waals surface area contributed by atoms with Crippen LogP contribution in [-0.4, -0.2) is 18.2 Å². The number of amides is 2. The van der Waals surface area contributed by atoms with Gasteiger partial charge in [0.05, 0.1) is 0 Å². The summed E-state index contributed by atoms with van der Waals surface area (Å²) in [4.78, 5) is 15.0. The fourth-order valence-electron chi connectivity index (χ4n) is 1.26. The van der Waals surface area contributed by atoms with E-state index in [0.29, 0.717) is 0 Å². The van der Waals surface area contributed by atoms with Crippen LogP contribution in [0.15, 0.2) is 4.99 Å². The number of nitrogens with one attached hydrogen (secondary N) is 2. The molecule has 0 saturated heterocycles. The van der Waals surface area contributed by atoms with Gasteiger partial charge in [0, 0.05) is 0 Å². The molecule has 5 heteroatoms.